The van der Waals surface area contributed by atoms with Crippen LogP contribution in [0.2, 0.25) is 0 Å². The molecule has 0 fully saturated rings. The standard InChI is InChI=1S/C25H25FIN3O4S/c1-18(25(32)28-2)29(16-19-8-10-20(26)11-9-19)24(31)17-30(22-14-12-21(27)13-15-22)35(33,34)23-6-4-3-5-7-23/h3-15,18H,16-17H2,1-2H3,(H,28,32)/t18-/m1/s1. The number of hydrogen-bond donors (Lipinski definition) is 1. The highest BCUT2D eigenvalue weighted by molar-refractivity contribution is 14.1. The second-order valence-electron chi connectivity index (χ2n) is 7.74. The number of nitrogens with zero attached hydrogens (tertiary/aromatic N) is 2. The summed E-state index contributed by atoms with van der Waals surface area (Å²) in [5.41, 5.74) is 0.916. The van der Waals surface area contributed by atoms with Gasteiger partial charge in [0, 0.05) is 17.2 Å². The molecule has 1 N–H and O–H groups in total. The van der Waals surface area contributed by atoms with E-state index in [2.05, 4.69) is 27.9 Å². The van der Waals surface area contributed by atoms with Crippen molar-refractivity contribution < 1.29 is 22.4 Å². The van der Waals surface area contributed by atoms with Crippen molar-refractivity contribution in [2.24, 2.45) is 0 Å². The lowest BCUT2D eigenvalue weighted by Crippen LogP contribution is -2.50. The molecule has 3 rings (SSSR count). The molecule has 0 heterocycles. The molecule has 0 aliphatic rings. The van der Waals surface area contributed by atoms with Gasteiger partial charge in [-0.25, -0.2) is 12.8 Å². The summed E-state index contributed by atoms with van der Waals surface area (Å²) in [7, 11) is -2.64. The average molecular weight is 609 g/mol. The number of anilines is 1. The van der Waals surface area contributed by atoms with E-state index < -0.39 is 40.2 Å². The first kappa shape index (κ1) is 26.6. The first-order valence-electron chi connectivity index (χ1n) is 10.7. The van der Waals surface area contributed by atoms with Crippen LogP contribution in [0.4, 0.5) is 10.1 Å². The Kier molecular flexibility index (Phi) is 8.84. The van der Waals surface area contributed by atoms with E-state index in [9.17, 15) is 22.4 Å². The molecule has 3 aromatic rings. The Morgan fingerprint density at radius 3 is 2.14 bits per heavy atom. The number of sulfonamides is 1. The molecule has 184 valence electrons. The van der Waals surface area contributed by atoms with Crippen molar-refractivity contribution in [1.29, 1.82) is 0 Å². The maximum absolute atomic E-state index is 13.6. The number of nitrogens with one attached hydrogen (secondary N) is 1. The summed E-state index contributed by atoms with van der Waals surface area (Å²) in [6.45, 7) is 1.03. The number of carbonyl (C=O) groups excluding carboxylic acids is 2. The Bertz CT molecular complexity index is 1270. The Labute approximate surface area is 218 Å². The molecular formula is C25H25FIN3O4S. The van der Waals surface area contributed by atoms with Crippen LogP contribution in [-0.2, 0) is 26.2 Å². The van der Waals surface area contributed by atoms with Crippen LogP contribution in [0.25, 0.3) is 0 Å². The van der Waals surface area contributed by atoms with E-state index in [1.165, 1.54) is 48.3 Å². The maximum atomic E-state index is 13.6. The van der Waals surface area contributed by atoms with Crippen molar-refractivity contribution in [3.8, 4) is 0 Å². The van der Waals surface area contributed by atoms with Crippen LogP contribution in [0.3, 0.4) is 0 Å². The van der Waals surface area contributed by atoms with Gasteiger partial charge in [0.25, 0.3) is 10.0 Å². The number of likely N-dealkylation sites (N-methyl/N-ethyl adjacent to an activating group) is 1. The summed E-state index contributed by atoms with van der Waals surface area (Å²) in [5.74, 6) is -1.42. The summed E-state index contributed by atoms with van der Waals surface area (Å²) in [4.78, 5) is 27.3. The third kappa shape index (κ3) is 6.57. The van der Waals surface area contributed by atoms with E-state index in [1.54, 1.807) is 49.4 Å². The van der Waals surface area contributed by atoms with Gasteiger partial charge in [-0.3, -0.25) is 13.9 Å². The lowest BCUT2D eigenvalue weighted by Gasteiger charge is -2.31. The largest absolute Gasteiger partial charge is 0.357 e. The Morgan fingerprint density at radius 2 is 1.57 bits per heavy atom. The number of amides is 2. The van der Waals surface area contributed by atoms with Crippen molar-refractivity contribution in [2.75, 3.05) is 17.9 Å². The number of halogens is 2. The molecule has 0 unspecified atom stereocenters. The molecule has 10 heteroatoms. The monoisotopic (exact) mass is 609 g/mol. The molecule has 0 spiro atoms. The molecular weight excluding hydrogens is 584 g/mol. The smallest absolute Gasteiger partial charge is 0.264 e. The zero-order valence-corrected chi connectivity index (χ0v) is 22.2. The van der Waals surface area contributed by atoms with Crippen LogP contribution in [0.15, 0.2) is 83.8 Å². The van der Waals surface area contributed by atoms with Crippen molar-refractivity contribution in [2.45, 2.75) is 24.4 Å². The summed E-state index contributed by atoms with van der Waals surface area (Å²) in [6, 6.07) is 19.3. The fourth-order valence-electron chi connectivity index (χ4n) is 3.43. The average Bonchev–Trinajstić information content (AvgIpc) is 2.87. The predicted octanol–water partition coefficient (Wildman–Crippen LogP) is 3.79. The molecule has 1 atom stereocenters. The third-order valence-electron chi connectivity index (χ3n) is 5.40. The summed E-state index contributed by atoms with van der Waals surface area (Å²) in [5, 5.41) is 2.52. The molecule has 3 aromatic carbocycles. The molecule has 0 saturated heterocycles. The second-order valence-corrected chi connectivity index (χ2v) is 10.8. The molecule has 0 aromatic heterocycles. The molecule has 0 radical (unpaired) electrons. The lowest BCUT2D eigenvalue weighted by atomic mass is 10.1. The molecule has 0 aliphatic carbocycles. The van der Waals surface area contributed by atoms with Crippen molar-refractivity contribution in [3.63, 3.8) is 0 Å². The van der Waals surface area contributed by atoms with E-state index in [-0.39, 0.29) is 11.4 Å². The van der Waals surface area contributed by atoms with Crippen LogP contribution < -0.4 is 9.62 Å². The Hall–Kier alpha value is -2.99. The highest BCUT2D eigenvalue weighted by atomic mass is 127. The number of carbonyl (C=O) groups is 2. The first-order valence-corrected chi connectivity index (χ1v) is 13.2. The fourth-order valence-corrected chi connectivity index (χ4v) is 5.23. The Morgan fingerprint density at radius 1 is 0.971 bits per heavy atom. The van der Waals surface area contributed by atoms with Gasteiger partial charge in [-0.1, -0.05) is 30.3 Å². The molecule has 2 amide bonds. The highest BCUT2D eigenvalue weighted by Gasteiger charge is 2.32. The number of benzene rings is 3. The van der Waals surface area contributed by atoms with E-state index in [0.29, 0.717) is 11.3 Å². The fraction of sp³-hybridized carbons (Fsp3) is 0.200. The minimum absolute atomic E-state index is 0.000384. The Balaban J connectivity index is 2.00. The first-order chi connectivity index (χ1) is 16.6. The van der Waals surface area contributed by atoms with Crippen LogP contribution in [0.1, 0.15) is 12.5 Å². The molecule has 7 nitrogen and oxygen atoms in total. The third-order valence-corrected chi connectivity index (χ3v) is 7.91. The zero-order chi connectivity index (χ0) is 25.6. The van der Waals surface area contributed by atoms with Gasteiger partial charge in [-0.05, 0) is 83.6 Å². The van der Waals surface area contributed by atoms with Gasteiger partial charge in [-0.15, -0.1) is 0 Å². The topological polar surface area (TPSA) is 86.8 Å². The molecule has 0 saturated carbocycles. The minimum Gasteiger partial charge on any atom is -0.357 e. The molecule has 35 heavy (non-hydrogen) atoms. The van der Waals surface area contributed by atoms with Gasteiger partial charge in [0.15, 0.2) is 0 Å². The van der Waals surface area contributed by atoms with Crippen LogP contribution in [-0.4, -0.2) is 44.8 Å². The summed E-state index contributed by atoms with van der Waals surface area (Å²) >= 11 is 2.11. The highest BCUT2D eigenvalue weighted by Crippen LogP contribution is 2.25. The van der Waals surface area contributed by atoms with Gasteiger partial charge in [0.2, 0.25) is 11.8 Å². The van der Waals surface area contributed by atoms with E-state index in [4.69, 9.17) is 0 Å². The van der Waals surface area contributed by atoms with Crippen LogP contribution in [0.5, 0.6) is 0 Å². The van der Waals surface area contributed by atoms with E-state index in [0.717, 1.165) is 7.88 Å². The van der Waals surface area contributed by atoms with E-state index in [1.807, 2.05) is 0 Å². The van der Waals surface area contributed by atoms with Crippen molar-refractivity contribution >= 4 is 50.1 Å². The van der Waals surface area contributed by atoms with Gasteiger partial charge in [0.1, 0.15) is 18.4 Å². The van der Waals surface area contributed by atoms with E-state index >= 15 is 0 Å². The van der Waals surface area contributed by atoms with Gasteiger partial charge in [0.05, 0.1) is 10.6 Å². The lowest BCUT2D eigenvalue weighted by molar-refractivity contribution is -0.139. The second kappa shape index (κ2) is 11.6. The van der Waals surface area contributed by atoms with Crippen LogP contribution in [0, 0.1) is 9.39 Å². The summed E-state index contributed by atoms with van der Waals surface area (Å²) < 4.78 is 42.5. The normalized spacial score (nSPS) is 12.0. The van der Waals surface area contributed by atoms with Crippen molar-refractivity contribution in [1.82, 2.24) is 10.2 Å². The summed E-state index contributed by atoms with van der Waals surface area (Å²) in [6.07, 6.45) is 0. The number of rotatable bonds is 9. The van der Waals surface area contributed by atoms with Gasteiger partial charge >= 0.3 is 0 Å². The maximum Gasteiger partial charge on any atom is 0.264 e. The number of hydrogen-bond acceptors (Lipinski definition) is 4. The SMILES string of the molecule is CNC(=O)[C@@H](C)N(Cc1ccc(F)cc1)C(=O)CN(c1ccc(I)cc1)S(=O)(=O)c1ccccc1. The van der Waals surface area contributed by atoms with Gasteiger partial charge in [-0.2, -0.15) is 0 Å². The van der Waals surface area contributed by atoms with Crippen molar-refractivity contribution in [3.05, 3.63) is 93.8 Å². The predicted molar refractivity (Wildman–Crippen MR) is 141 cm³/mol. The van der Waals surface area contributed by atoms with Crippen LogP contribution >= 0.6 is 22.6 Å². The minimum atomic E-state index is -4.09. The zero-order valence-electron chi connectivity index (χ0n) is 19.2. The molecule has 0 aliphatic heterocycles. The van der Waals surface area contributed by atoms with Gasteiger partial charge < -0.3 is 10.2 Å². The quantitative estimate of drug-likeness (QED) is 0.375. The molecule has 0 bridgehead atoms.